The van der Waals surface area contributed by atoms with Gasteiger partial charge in [-0.15, -0.1) is 0 Å². The summed E-state index contributed by atoms with van der Waals surface area (Å²) >= 11 is 1.16. The third-order valence-corrected chi connectivity index (χ3v) is 7.44. The minimum atomic E-state index is 0. The predicted octanol–water partition coefficient (Wildman–Crippen LogP) is -3.50. The first-order valence-electron chi connectivity index (χ1n) is 8.04. The van der Waals surface area contributed by atoms with Gasteiger partial charge in [0.15, 0.2) is 0 Å². The summed E-state index contributed by atoms with van der Waals surface area (Å²) in [6.45, 7) is 0. The van der Waals surface area contributed by atoms with Crippen LogP contribution >= 0.6 is 0 Å². The zero-order chi connectivity index (χ0) is 15.4. The van der Waals surface area contributed by atoms with Crippen LogP contribution in [0.25, 0.3) is 17.2 Å². The second kappa shape index (κ2) is 8.81. The van der Waals surface area contributed by atoms with Crippen LogP contribution in [0.5, 0.6) is 0 Å². The Morgan fingerprint density at radius 2 is 1.04 bits per heavy atom. The molecule has 0 saturated heterocycles. The first-order valence-corrected chi connectivity index (χ1v) is 10.1. The summed E-state index contributed by atoms with van der Waals surface area (Å²) in [7, 11) is 0. The first kappa shape index (κ1) is 22.0. The zero-order valence-electron chi connectivity index (χ0n) is 13.8. The maximum atomic E-state index is 2.45. The molecule has 2 aliphatic carbocycles. The fraction of sp³-hybridized carbons (Fsp3) is 0.0909. The predicted molar refractivity (Wildman–Crippen MR) is 90.9 cm³/mol. The van der Waals surface area contributed by atoms with Gasteiger partial charge in [0.2, 0.25) is 0 Å². The van der Waals surface area contributed by atoms with Crippen molar-refractivity contribution in [2.75, 3.05) is 0 Å². The second-order valence-electron chi connectivity index (χ2n) is 6.31. The summed E-state index contributed by atoms with van der Waals surface area (Å²) in [5.74, 6) is 0.428. The van der Waals surface area contributed by atoms with Gasteiger partial charge in [0.25, 0.3) is 0 Å². The van der Waals surface area contributed by atoms with Crippen molar-refractivity contribution in [2.45, 2.75) is 9.59 Å². The number of rotatable bonds is 1. The molecular weight excluding hydrogens is 682 g/mol. The van der Waals surface area contributed by atoms with Crippen molar-refractivity contribution in [1.82, 2.24) is 0 Å². The maximum absolute atomic E-state index is 2.45. The summed E-state index contributed by atoms with van der Waals surface area (Å²) in [5.41, 5.74) is 10.3. The van der Waals surface area contributed by atoms with Gasteiger partial charge in [-0.2, -0.15) is 0 Å². The molecule has 2 aliphatic rings. The summed E-state index contributed by atoms with van der Waals surface area (Å²) < 4.78 is 0.621. The van der Waals surface area contributed by atoms with Crippen molar-refractivity contribution in [1.29, 1.82) is 0 Å². The molecule has 26 heavy (non-hydrogen) atoms. The summed E-state index contributed by atoms with van der Waals surface area (Å²) in [6.07, 6.45) is 2.45. The fourth-order valence-corrected chi connectivity index (χ4v) is 5.96. The average Bonchev–Trinajstić information content (AvgIpc) is 3.11. The second-order valence-corrected chi connectivity index (χ2v) is 8.39. The van der Waals surface area contributed by atoms with Crippen LogP contribution in [-0.2, 0) is 24.4 Å². The van der Waals surface area contributed by atoms with E-state index in [1.165, 1.54) is 33.4 Å². The molecule has 5 rings (SSSR count). The third-order valence-electron chi connectivity index (χ3n) is 5.13. The summed E-state index contributed by atoms with van der Waals surface area (Å²) in [6, 6.07) is 26.8. The Bertz CT molecular complexity index is 919. The van der Waals surface area contributed by atoms with Gasteiger partial charge in [-0.25, -0.2) is 0 Å². The molecule has 0 heterocycles. The molecule has 128 valence electrons. The average molecular weight is 698 g/mol. The molecular formula is C22H15Br3Hf. The standard InChI is InChI=1S/C22H15.3BrH.Hf/c1-2-8-16-14-17(13-15(16)7-1)22-20-11-5-3-9-18(20)19-10-4-6-12-21(19)22;;;;/h1-14,22H;3*1H;/q;;;;+3/p-3. The minimum absolute atomic E-state index is 0. The van der Waals surface area contributed by atoms with Crippen LogP contribution in [0.15, 0.2) is 78.4 Å². The Morgan fingerprint density at radius 1 is 0.577 bits per heavy atom. The first-order chi connectivity index (χ1) is 11.3. The number of halogens is 3. The van der Waals surface area contributed by atoms with E-state index in [1.807, 2.05) is 0 Å². The van der Waals surface area contributed by atoms with Crippen molar-refractivity contribution in [2.24, 2.45) is 0 Å². The molecule has 0 nitrogen and oxygen atoms in total. The molecule has 3 aromatic carbocycles. The monoisotopic (exact) mass is 696 g/mol. The molecule has 0 radical (unpaired) electrons. The number of fused-ring (bicyclic) bond motifs is 4. The molecule has 0 N–H and O–H groups in total. The Morgan fingerprint density at radius 3 is 1.58 bits per heavy atom. The normalized spacial score (nSPS) is 16.2. The van der Waals surface area contributed by atoms with Gasteiger partial charge in [0.05, 0.1) is 0 Å². The van der Waals surface area contributed by atoms with Gasteiger partial charge in [0, 0.05) is 0 Å². The third kappa shape index (κ3) is 3.32. The van der Waals surface area contributed by atoms with Gasteiger partial charge in [-0.3, -0.25) is 0 Å². The van der Waals surface area contributed by atoms with Crippen molar-refractivity contribution in [3.63, 3.8) is 0 Å². The van der Waals surface area contributed by atoms with E-state index >= 15 is 0 Å². The van der Waals surface area contributed by atoms with Crippen molar-refractivity contribution < 1.29 is 75.3 Å². The molecule has 0 aromatic heterocycles. The molecule has 1 atom stereocenters. The summed E-state index contributed by atoms with van der Waals surface area (Å²) in [5, 5.41) is 0. The van der Waals surface area contributed by atoms with Gasteiger partial charge in [-0.05, 0) is 0 Å². The molecule has 1 unspecified atom stereocenters. The molecule has 0 aliphatic heterocycles. The van der Waals surface area contributed by atoms with Crippen LogP contribution in [0.1, 0.15) is 31.8 Å². The zero-order valence-corrected chi connectivity index (χ0v) is 22.1. The van der Waals surface area contributed by atoms with Gasteiger partial charge in [-0.1, -0.05) is 0 Å². The molecule has 0 fully saturated rings. The van der Waals surface area contributed by atoms with Crippen molar-refractivity contribution in [3.05, 3.63) is 101 Å². The number of hydrogen-bond donors (Lipinski definition) is 0. The van der Waals surface area contributed by atoms with Crippen LogP contribution in [0, 0.1) is 0 Å². The number of hydrogen-bond acceptors (Lipinski definition) is 0. The van der Waals surface area contributed by atoms with Crippen LogP contribution in [0.2, 0.25) is 0 Å². The SMILES string of the molecule is [Br-].[Br-].[Br-].[Hf+3][CH]1C(C2c3ccccc3-c3ccccc32)=Cc2ccccc21. The van der Waals surface area contributed by atoms with Gasteiger partial charge < -0.3 is 50.9 Å². The Hall–Kier alpha value is -0.290. The molecule has 3 aromatic rings. The molecule has 0 spiro atoms. The topological polar surface area (TPSA) is 0 Å². The van der Waals surface area contributed by atoms with E-state index in [1.54, 1.807) is 5.57 Å². The Kier molecular flexibility index (Phi) is 7.46. The summed E-state index contributed by atoms with van der Waals surface area (Å²) in [4.78, 5) is 0. The van der Waals surface area contributed by atoms with Crippen molar-refractivity contribution >= 4 is 6.08 Å². The number of allylic oxidation sites excluding steroid dienone is 1. The molecule has 0 amide bonds. The van der Waals surface area contributed by atoms with E-state index in [0.717, 1.165) is 24.4 Å². The molecule has 0 saturated carbocycles. The van der Waals surface area contributed by atoms with Gasteiger partial charge >= 0.3 is 152 Å². The number of benzene rings is 3. The molecule has 4 heteroatoms. The van der Waals surface area contributed by atoms with Crippen LogP contribution in [0.3, 0.4) is 0 Å². The van der Waals surface area contributed by atoms with E-state index in [4.69, 9.17) is 0 Å². The van der Waals surface area contributed by atoms with Crippen LogP contribution < -0.4 is 50.9 Å². The van der Waals surface area contributed by atoms with E-state index in [0.29, 0.717) is 9.59 Å². The van der Waals surface area contributed by atoms with E-state index in [2.05, 4.69) is 78.9 Å². The van der Waals surface area contributed by atoms with E-state index in [-0.39, 0.29) is 50.9 Å². The van der Waals surface area contributed by atoms with Crippen LogP contribution in [-0.4, -0.2) is 0 Å². The quantitative estimate of drug-likeness (QED) is 0.232. The van der Waals surface area contributed by atoms with E-state index < -0.39 is 0 Å². The van der Waals surface area contributed by atoms with E-state index in [9.17, 15) is 0 Å². The van der Waals surface area contributed by atoms with Gasteiger partial charge in [0.1, 0.15) is 0 Å². The Labute approximate surface area is 201 Å². The van der Waals surface area contributed by atoms with Crippen molar-refractivity contribution in [3.8, 4) is 11.1 Å². The van der Waals surface area contributed by atoms with Crippen LogP contribution in [0.4, 0.5) is 0 Å². The molecule has 0 bridgehead atoms. The fourth-order valence-electron chi connectivity index (χ4n) is 4.11. The Balaban J connectivity index is 0.000000810.